The van der Waals surface area contributed by atoms with Crippen LogP contribution in [0.15, 0.2) is 28.9 Å². The quantitative estimate of drug-likeness (QED) is 0.892. The van der Waals surface area contributed by atoms with Crippen molar-refractivity contribution >= 4 is 32.8 Å². The molecule has 1 aromatic carbocycles. The molecule has 1 saturated carbocycles. The van der Waals surface area contributed by atoms with E-state index in [2.05, 4.69) is 15.9 Å². The third-order valence-corrected chi connectivity index (χ3v) is 5.20. The summed E-state index contributed by atoms with van der Waals surface area (Å²) in [6.45, 7) is 0. The summed E-state index contributed by atoms with van der Waals surface area (Å²) in [5, 5.41) is 10.9. The number of aromatic nitrogens is 1. The molecule has 20 heavy (non-hydrogen) atoms. The molecule has 0 bridgehead atoms. The lowest BCUT2D eigenvalue weighted by atomic mass is 9.68. The zero-order valence-corrected chi connectivity index (χ0v) is 13.1. The highest BCUT2D eigenvalue weighted by molar-refractivity contribution is 9.10. The molecule has 3 nitrogen and oxygen atoms in total. The van der Waals surface area contributed by atoms with Crippen molar-refractivity contribution in [2.24, 2.45) is 7.05 Å². The smallest absolute Gasteiger partial charge is 0.314 e. The molecule has 0 atom stereocenters. The molecule has 106 valence electrons. The number of aliphatic carboxylic acids is 1. The number of fused-ring (bicyclic) bond motifs is 1. The highest BCUT2D eigenvalue weighted by atomic mass is 79.9. The maximum atomic E-state index is 12.0. The number of carbonyl (C=O) groups is 1. The summed E-state index contributed by atoms with van der Waals surface area (Å²) in [5.74, 6) is -0.680. The van der Waals surface area contributed by atoms with Gasteiger partial charge in [0.25, 0.3) is 0 Å². The van der Waals surface area contributed by atoms with Gasteiger partial charge in [0.15, 0.2) is 0 Å². The van der Waals surface area contributed by atoms with E-state index >= 15 is 0 Å². The normalized spacial score (nSPS) is 18.3. The van der Waals surface area contributed by atoms with Gasteiger partial charge >= 0.3 is 5.97 Å². The van der Waals surface area contributed by atoms with E-state index in [0.29, 0.717) is 0 Å². The van der Waals surface area contributed by atoms with Gasteiger partial charge < -0.3 is 9.67 Å². The summed E-state index contributed by atoms with van der Waals surface area (Å²) in [6, 6.07) is 6.01. The molecule has 1 aliphatic rings. The number of nitrogens with zero attached hydrogens (tertiary/aromatic N) is 1. The van der Waals surface area contributed by atoms with Crippen LogP contribution in [0.3, 0.4) is 0 Å². The summed E-state index contributed by atoms with van der Waals surface area (Å²) in [5.41, 5.74) is 1.33. The molecule has 0 unspecified atom stereocenters. The maximum absolute atomic E-state index is 12.0. The van der Waals surface area contributed by atoms with Crippen molar-refractivity contribution in [3.63, 3.8) is 0 Å². The van der Waals surface area contributed by atoms with Crippen LogP contribution in [0.5, 0.6) is 0 Å². The Morgan fingerprint density at radius 1 is 1.30 bits per heavy atom. The Hall–Kier alpha value is -1.29. The molecule has 0 aliphatic heterocycles. The summed E-state index contributed by atoms with van der Waals surface area (Å²) < 4.78 is 3.03. The molecule has 4 heteroatoms. The van der Waals surface area contributed by atoms with Crippen molar-refractivity contribution in [3.05, 3.63) is 34.4 Å². The average molecular weight is 336 g/mol. The van der Waals surface area contributed by atoms with Crippen LogP contribution < -0.4 is 0 Å². The van der Waals surface area contributed by atoms with E-state index < -0.39 is 11.4 Å². The van der Waals surface area contributed by atoms with Crippen LogP contribution in [0.4, 0.5) is 0 Å². The number of aryl methyl sites for hydroxylation is 1. The first kappa shape index (κ1) is 13.7. The van der Waals surface area contributed by atoms with Crippen LogP contribution in [0.1, 0.15) is 37.7 Å². The zero-order chi connectivity index (χ0) is 14.3. The number of rotatable bonds is 2. The number of hydrogen-bond donors (Lipinski definition) is 1. The largest absolute Gasteiger partial charge is 0.481 e. The average Bonchev–Trinajstić information content (AvgIpc) is 2.75. The fourth-order valence-corrected chi connectivity index (χ4v) is 4.27. The van der Waals surface area contributed by atoms with Gasteiger partial charge in [-0.1, -0.05) is 31.4 Å². The predicted molar refractivity (Wildman–Crippen MR) is 83.0 cm³/mol. The van der Waals surface area contributed by atoms with Crippen LogP contribution in [-0.4, -0.2) is 15.6 Å². The Morgan fingerprint density at radius 3 is 2.65 bits per heavy atom. The summed E-state index contributed by atoms with van der Waals surface area (Å²) >= 11 is 3.59. The highest BCUT2D eigenvalue weighted by Gasteiger charge is 2.42. The topological polar surface area (TPSA) is 42.2 Å². The molecule has 1 heterocycles. The van der Waals surface area contributed by atoms with E-state index in [-0.39, 0.29) is 0 Å². The summed E-state index contributed by atoms with van der Waals surface area (Å²) in [4.78, 5) is 12.0. The van der Waals surface area contributed by atoms with Gasteiger partial charge in [-0.05, 0) is 40.4 Å². The van der Waals surface area contributed by atoms with Gasteiger partial charge in [-0.2, -0.15) is 0 Å². The van der Waals surface area contributed by atoms with Gasteiger partial charge in [-0.15, -0.1) is 0 Å². The van der Waals surface area contributed by atoms with Gasteiger partial charge in [0.2, 0.25) is 0 Å². The highest BCUT2D eigenvalue weighted by Crippen LogP contribution is 2.44. The van der Waals surface area contributed by atoms with Crippen molar-refractivity contribution in [1.82, 2.24) is 4.57 Å². The number of carboxylic acids is 1. The van der Waals surface area contributed by atoms with E-state index in [9.17, 15) is 9.90 Å². The fourth-order valence-electron chi connectivity index (χ4n) is 3.54. The molecule has 1 fully saturated rings. The predicted octanol–water partition coefficient (Wildman–Crippen LogP) is 4.23. The summed E-state index contributed by atoms with van der Waals surface area (Å²) in [6.07, 6.45) is 6.61. The first-order chi connectivity index (χ1) is 9.56. The van der Waals surface area contributed by atoms with Gasteiger partial charge in [0.1, 0.15) is 0 Å². The van der Waals surface area contributed by atoms with Gasteiger partial charge in [0.05, 0.1) is 5.41 Å². The van der Waals surface area contributed by atoms with Crippen LogP contribution in [0.2, 0.25) is 0 Å². The monoisotopic (exact) mass is 335 g/mol. The van der Waals surface area contributed by atoms with Crippen LogP contribution in [-0.2, 0) is 17.3 Å². The number of hydrogen-bond acceptors (Lipinski definition) is 1. The fraction of sp³-hybridized carbons (Fsp3) is 0.438. The molecule has 0 radical (unpaired) electrons. The van der Waals surface area contributed by atoms with Gasteiger partial charge in [0, 0.05) is 28.6 Å². The Bertz CT molecular complexity index is 668. The van der Waals surface area contributed by atoms with Gasteiger partial charge in [-0.3, -0.25) is 4.79 Å². The molecular formula is C16H18BrNO2. The lowest BCUT2D eigenvalue weighted by Crippen LogP contribution is -2.38. The van der Waals surface area contributed by atoms with E-state index in [4.69, 9.17) is 0 Å². The zero-order valence-electron chi connectivity index (χ0n) is 11.5. The third kappa shape index (κ3) is 1.89. The van der Waals surface area contributed by atoms with Crippen molar-refractivity contribution in [2.75, 3.05) is 0 Å². The standard InChI is InChI=1S/C16H18BrNO2/c1-18-10-12(17)14-11(6-5-7-13(14)18)16(15(19)20)8-3-2-4-9-16/h5-7,10H,2-4,8-9H2,1H3,(H,19,20). The Labute approximate surface area is 126 Å². The molecular weight excluding hydrogens is 318 g/mol. The van der Waals surface area contributed by atoms with Crippen molar-refractivity contribution < 1.29 is 9.90 Å². The van der Waals surface area contributed by atoms with E-state index in [1.165, 1.54) is 0 Å². The minimum Gasteiger partial charge on any atom is -0.481 e. The third-order valence-electron chi connectivity index (χ3n) is 4.60. The Kier molecular flexibility index (Phi) is 3.36. The van der Waals surface area contributed by atoms with Crippen LogP contribution >= 0.6 is 15.9 Å². The minimum atomic E-state index is -0.721. The SMILES string of the molecule is Cn1cc(Br)c2c(C3(C(=O)O)CCCCC3)cccc21. The lowest BCUT2D eigenvalue weighted by Gasteiger charge is -2.34. The van der Waals surface area contributed by atoms with Gasteiger partial charge in [-0.25, -0.2) is 0 Å². The first-order valence-electron chi connectivity index (χ1n) is 7.04. The minimum absolute atomic E-state index is 0.680. The second kappa shape index (κ2) is 4.92. The molecule has 0 saturated heterocycles. The number of carboxylic acid groups (broad SMARTS) is 1. The maximum Gasteiger partial charge on any atom is 0.314 e. The molecule has 1 N–H and O–H groups in total. The Morgan fingerprint density at radius 2 is 2.00 bits per heavy atom. The van der Waals surface area contributed by atoms with E-state index in [1.54, 1.807) is 0 Å². The van der Waals surface area contributed by atoms with Crippen molar-refractivity contribution in [2.45, 2.75) is 37.5 Å². The second-order valence-corrected chi connectivity index (χ2v) is 6.59. The van der Waals surface area contributed by atoms with Crippen molar-refractivity contribution in [1.29, 1.82) is 0 Å². The summed E-state index contributed by atoms with van der Waals surface area (Å²) in [7, 11) is 1.99. The molecule has 3 rings (SSSR count). The van der Waals surface area contributed by atoms with Crippen LogP contribution in [0.25, 0.3) is 10.9 Å². The van der Waals surface area contributed by atoms with E-state index in [0.717, 1.165) is 53.0 Å². The second-order valence-electron chi connectivity index (χ2n) is 5.74. The van der Waals surface area contributed by atoms with Crippen LogP contribution in [0, 0.1) is 0 Å². The molecule has 2 aromatic rings. The molecule has 0 spiro atoms. The molecule has 0 amide bonds. The Balaban J connectivity index is 2.29. The van der Waals surface area contributed by atoms with Crippen molar-refractivity contribution in [3.8, 4) is 0 Å². The number of benzene rings is 1. The molecule has 1 aliphatic carbocycles. The molecule has 1 aromatic heterocycles. The first-order valence-corrected chi connectivity index (χ1v) is 7.83. The number of halogens is 1. The van der Waals surface area contributed by atoms with E-state index in [1.807, 2.05) is 36.0 Å². The lowest BCUT2D eigenvalue weighted by molar-refractivity contribution is -0.145.